The Morgan fingerprint density at radius 1 is 1.27 bits per heavy atom. The van der Waals surface area contributed by atoms with Gasteiger partial charge in [-0.15, -0.1) is 0 Å². The van der Waals surface area contributed by atoms with Crippen molar-refractivity contribution in [3.8, 4) is 0 Å². The molecule has 116 valence electrons. The average Bonchev–Trinajstić information content (AvgIpc) is 3.02. The van der Waals surface area contributed by atoms with Crippen molar-refractivity contribution >= 4 is 16.9 Å². The van der Waals surface area contributed by atoms with Crippen molar-refractivity contribution in [1.29, 1.82) is 0 Å². The van der Waals surface area contributed by atoms with Gasteiger partial charge >= 0.3 is 0 Å². The van der Waals surface area contributed by atoms with Crippen molar-refractivity contribution in [3.63, 3.8) is 0 Å². The lowest BCUT2D eigenvalue weighted by atomic mass is 9.58. The fourth-order valence-electron chi connectivity index (χ4n) is 3.57. The van der Waals surface area contributed by atoms with E-state index >= 15 is 0 Å². The Morgan fingerprint density at radius 2 is 2.05 bits per heavy atom. The molecule has 1 saturated heterocycles. The Hall–Kier alpha value is -1.99. The van der Waals surface area contributed by atoms with Gasteiger partial charge in [0.15, 0.2) is 0 Å². The molecule has 7 nitrogen and oxygen atoms in total. The van der Waals surface area contributed by atoms with Gasteiger partial charge < -0.3 is 15.2 Å². The van der Waals surface area contributed by atoms with Gasteiger partial charge in [-0.05, 0) is 47.8 Å². The lowest BCUT2D eigenvalue weighted by Gasteiger charge is -2.55. The quantitative estimate of drug-likeness (QED) is 0.855. The van der Waals surface area contributed by atoms with E-state index in [1.54, 1.807) is 18.2 Å². The van der Waals surface area contributed by atoms with Crippen molar-refractivity contribution < 1.29 is 19.3 Å². The molecule has 2 heterocycles. The summed E-state index contributed by atoms with van der Waals surface area (Å²) in [4.78, 5) is 12.4. The first-order chi connectivity index (χ1) is 10.7. The third kappa shape index (κ3) is 2.00. The lowest BCUT2D eigenvalue weighted by Crippen LogP contribution is -2.65. The molecule has 1 saturated carbocycles. The summed E-state index contributed by atoms with van der Waals surface area (Å²) in [5, 5.41) is 20.7. The maximum atomic E-state index is 12.4. The summed E-state index contributed by atoms with van der Waals surface area (Å²) in [6.07, 6.45) is 1.81. The van der Waals surface area contributed by atoms with Crippen LogP contribution in [-0.2, 0) is 4.74 Å². The number of hydrogen-bond donors (Lipinski definition) is 2. The summed E-state index contributed by atoms with van der Waals surface area (Å²) < 4.78 is 10.0. The van der Waals surface area contributed by atoms with E-state index in [-0.39, 0.29) is 23.5 Å². The van der Waals surface area contributed by atoms with Crippen LogP contribution in [0.2, 0.25) is 0 Å². The van der Waals surface area contributed by atoms with Crippen molar-refractivity contribution in [2.24, 2.45) is 5.41 Å². The summed E-state index contributed by atoms with van der Waals surface area (Å²) in [6, 6.07) is 5.06. The van der Waals surface area contributed by atoms with Crippen LogP contribution in [0.15, 0.2) is 22.8 Å². The summed E-state index contributed by atoms with van der Waals surface area (Å²) in [5.41, 5.74) is 1.47. The molecular formula is C15H17N3O4. The monoisotopic (exact) mass is 303 g/mol. The minimum absolute atomic E-state index is 0.00923. The summed E-state index contributed by atoms with van der Waals surface area (Å²) in [7, 11) is 0. The number of hydrogen-bond acceptors (Lipinski definition) is 6. The number of aliphatic hydroxyl groups is 1. The Balaban J connectivity index is 1.51. The van der Waals surface area contributed by atoms with Crippen LogP contribution in [0.5, 0.6) is 0 Å². The number of fused-ring (bicyclic) bond motifs is 1. The molecule has 1 aromatic carbocycles. The zero-order chi connectivity index (χ0) is 15.2. The van der Waals surface area contributed by atoms with E-state index in [2.05, 4.69) is 20.3 Å². The molecule has 1 spiro atoms. The van der Waals surface area contributed by atoms with E-state index < -0.39 is 0 Å². The molecule has 1 amide bonds. The Labute approximate surface area is 126 Å². The van der Waals surface area contributed by atoms with Gasteiger partial charge in [-0.1, -0.05) is 0 Å². The van der Waals surface area contributed by atoms with Gasteiger partial charge in [0.2, 0.25) is 0 Å². The van der Waals surface area contributed by atoms with E-state index in [1.165, 1.54) is 0 Å². The first kappa shape index (κ1) is 13.7. The van der Waals surface area contributed by atoms with Gasteiger partial charge in [-0.25, -0.2) is 4.63 Å². The maximum absolute atomic E-state index is 12.4. The standard InChI is InChI=1S/C15H17N3O4/c19-13-8-12(15(13)3-5-21-6-4-15)16-14(20)9-1-2-10-11(7-9)18-22-17-10/h1-2,7,12-13,19H,3-6,8H2,(H,16,20)/t12-,13-/m1/s1. The van der Waals surface area contributed by atoms with Gasteiger partial charge in [-0.3, -0.25) is 4.79 Å². The molecule has 2 fully saturated rings. The summed E-state index contributed by atoms with van der Waals surface area (Å²) >= 11 is 0. The van der Waals surface area contributed by atoms with E-state index in [0.717, 1.165) is 12.8 Å². The molecular weight excluding hydrogens is 286 g/mol. The largest absolute Gasteiger partial charge is 0.392 e. The van der Waals surface area contributed by atoms with Crippen LogP contribution < -0.4 is 5.32 Å². The van der Waals surface area contributed by atoms with Gasteiger partial charge in [0.05, 0.1) is 6.10 Å². The number of nitrogens with one attached hydrogen (secondary N) is 1. The minimum Gasteiger partial charge on any atom is -0.392 e. The molecule has 2 aromatic rings. The molecule has 4 rings (SSSR count). The average molecular weight is 303 g/mol. The van der Waals surface area contributed by atoms with Crippen molar-refractivity contribution in [1.82, 2.24) is 15.6 Å². The van der Waals surface area contributed by atoms with Crippen LogP contribution in [0, 0.1) is 5.41 Å². The predicted octanol–water partition coefficient (Wildman–Crippen LogP) is 0.883. The minimum atomic E-state index is -0.357. The van der Waals surface area contributed by atoms with Crippen LogP contribution in [-0.4, -0.2) is 46.7 Å². The first-order valence-corrected chi connectivity index (χ1v) is 7.48. The van der Waals surface area contributed by atoms with Gasteiger partial charge in [0.25, 0.3) is 5.91 Å². The number of aromatic nitrogens is 2. The second-order valence-corrected chi connectivity index (χ2v) is 6.09. The number of rotatable bonds is 2. The number of ether oxygens (including phenoxy) is 1. The Bertz CT molecular complexity index is 708. The Kier molecular flexibility index (Phi) is 3.12. The van der Waals surface area contributed by atoms with E-state index in [4.69, 9.17) is 4.74 Å². The summed E-state index contributed by atoms with van der Waals surface area (Å²) in [6.45, 7) is 1.28. The number of carbonyl (C=O) groups excluding carboxylic acids is 1. The molecule has 0 bridgehead atoms. The zero-order valence-corrected chi connectivity index (χ0v) is 12.0. The predicted molar refractivity (Wildman–Crippen MR) is 76.2 cm³/mol. The number of amides is 1. The fraction of sp³-hybridized carbons (Fsp3) is 0.533. The third-order valence-corrected chi connectivity index (χ3v) is 5.06. The van der Waals surface area contributed by atoms with E-state index in [0.29, 0.717) is 36.2 Å². The molecule has 2 atom stereocenters. The van der Waals surface area contributed by atoms with Crippen LogP contribution >= 0.6 is 0 Å². The molecule has 1 aliphatic carbocycles. The van der Waals surface area contributed by atoms with Gasteiger partial charge in [0, 0.05) is 30.2 Å². The number of benzene rings is 1. The topological polar surface area (TPSA) is 97.5 Å². The molecule has 1 aliphatic heterocycles. The molecule has 0 unspecified atom stereocenters. The van der Waals surface area contributed by atoms with E-state index in [1.807, 2.05) is 0 Å². The van der Waals surface area contributed by atoms with Crippen molar-refractivity contribution in [3.05, 3.63) is 23.8 Å². The number of aliphatic hydroxyl groups excluding tert-OH is 1. The molecule has 7 heteroatoms. The first-order valence-electron chi connectivity index (χ1n) is 7.48. The third-order valence-electron chi connectivity index (χ3n) is 5.06. The highest BCUT2D eigenvalue weighted by atomic mass is 16.6. The molecule has 0 radical (unpaired) electrons. The normalized spacial score (nSPS) is 26.8. The number of carbonyl (C=O) groups is 1. The lowest BCUT2D eigenvalue weighted by molar-refractivity contribution is -0.145. The van der Waals surface area contributed by atoms with Crippen LogP contribution in [0.3, 0.4) is 0 Å². The van der Waals surface area contributed by atoms with E-state index in [9.17, 15) is 9.90 Å². The second-order valence-electron chi connectivity index (χ2n) is 6.09. The highest BCUT2D eigenvalue weighted by molar-refractivity contribution is 5.97. The molecule has 2 aliphatic rings. The maximum Gasteiger partial charge on any atom is 0.251 e. The smallest absolute Gasteiger partial charge is 0.251 e. The molecule has 2 N–H and O–H groups in total. The van der Waals surface area contributed by atoms with Crippen molar-refractivity contribution in [2.45, 2.75) is 31.4 Å². The van der Waals surface area contributed by atoms with Crippen molar-refractivity contribution in [2.75, 3.05) is 13.2 Å². The van der Waals surface area contributed by atoms with Crippen LogP contribution in [0.1, 0.15) is 29.6 Å². The SMILES string of the molecule is O=C(N[C@@H]1C[C@@H](O)C12CCOCC2)c1ccc2nonc2c1. The summed E-state index contributed by atoms with van der Waals surface area (Å²) in [5.74, 6) is -0.160. The highest BCUT2D eigenvalue weighted by Crippen LogP contribution is 2.49. The fourth-order valence-corrected chi connectivity index (χ4v) is 3.57. The van der Waals surface area contributed by atoms with Crippen LogP contribution in [0.4, 0.5) is 0 Å². The highest BCUT2D eigenvalue weighted by Gasteiger charge is 2.55. The molecule has 1 aromatic heterocycles. The number of nitrogens with zero attached hydrogens (tertiary/aromatic N) is 2. The van der Waals surface area contributed by atoms with Gasteiger partial charge in [0.1, 0.15) is 11.0 Å². The Morgan fingerprint density at radius 3 is 2.82 bits per heavy atom. The second kappa shape index (κ2) is 5.03. The van der Waals surface area contributed by atoms with Gasteiger partial charge in [-0.2, -0.15) is 0 Å². The zero-order valence-electron chi connectivity index (χ0n) is 12.0. The molecule has 22 heavy (non-hydrogen) atoms. The van der Waals surface area contributed by atoms with Crippen LogP contribution in [0.25, 0.3) is 11.0 Å².